The third-order valence-electron chi connectivity index (χ3n) is 6.10. The predicted octanol–water partition coefficient (Wildman–Crippen LogP) is 2.70. The zero-order chi connectivity index (χ0) is 19.0. The van der Waals surface area contributed by atoms with Gasteiger partial charge in [-0.2, -0.15) is 11.8 Å². The molecule has 2 aliphatic heterocycles. The number of carbonyl (C=O) groups is 2. The van der Waals surface area contributed by atoms with E-state index < -0.39 is 11.7 Å². The first-order valence-corrected chi connectivity index (χ1v) is 10.7. The van der Waals surface area contributed by atoms with E-state index in [1.165, 1.54) is 30.7 Å². The molecule has 146 valence electrons. The van der Waals surface area contributed by atoms with E-state index >= 15 is 0 Å². The number of amides is 2. The van der Waals surface area contributed by atoms with Crippen LogP contribution in [0.2, 0.25) is 0 Å². The van der Waals surface area contributed by atoms with Gasteiger partial charge in [-0.1, -0.05) is 0 Å². The highest BCUT2D eigenvalue weighted by Crippen LogP contribution is 2.56. The Morgan fingerprint density at radius 1 is 1.37 bits per heavy atom. The van der Waals surface area contributed by atoms with Crippen LogP contribution in [0.25, 0.3) is 0 Å². The van der Waals surface area contributed by atoms with Gasteiger partial charge < -0.3 is 15.0 Å². The number of rotatable bonds is 5. The minimum Gasteiger partial charge on any atom is -0.497 e. The van der Waals surface area contributed by atoms with Gasteiger partial charge in [-0.3, -0.25) is 9.59 Å². The molecule has 2 amide bonds. The summed E-state index contributed by atoms with van der Waals surface area (Å²) >= 11 is 1.97. The number of nitrogens with one attached hydrogen (secondary N) is 1. The van der Waals surface area contributed by atoms with Crippen LogP contribution in [-0.4, -0.2) is 54.5 Å². The first-order chi connectivity index (χ1) is 13.0. The number of halogens is 1. The van der Waals surface area contributed by atoms with Crippen LogP contribution in [0.3, 0.4) is 0 Å². The van der Waals surface area contributed by atoms with Gasteiger partial charge in [-0.05, 0) is 54.7 Å². The van der Waals surface area contributed by atoms with Crippen LogP contribution < -0.4 is 10.1 Å². The molecule has 0 bridgehead atoms. The Labute approximate surface area is 163 Å². The summed E-state index contributed by atoms with van der Waals surface area (Å²) < 4.78 is 19.0. The number of nitrogens with zero attached hydrogens (tertiary/aromatic N) is 1. The van der Waals surface area contributed by atoms with E-state index in [4.69, 9.17) is 4.74 Å². The normalized spacial score (nSPS) is 23.6. The molecular formula is C20H25FN2O3S. The van der Waals surface area contributed by atoms with Crippen molar-refractivity contribution in [2.75, 3.05) is 31.7 Å². The van der Waals surface area contributed by atoms with Crippen molar-refractivity contribution in [3.63, 3.8) is 0 Å². The summed E-state index contributed by atoms with van der Waals surface area (Å²) in [6.45, 7) is 1.12. The Morgan fingerprint density at radius 2 is 2.15 bits per heavy atom. The quantitative estimate of drug-likeness (QED) is 0.837. The molecule has 1 saturated carbocycles. The molecule has 3 fully saturated rings. The van der Waals surface area contributed by atoms with Crippen molar-refractivity contribution >= 4 is 23.6 Å². The largest absolute Gasteiger partial charge is 0.497 e. The van der Waals surface area contributed by atoms with E-state index in [0.29, 0.717) is 17.7 Å². The van der Waals surface area contributed by atoms with Crippen LogP contribution in [0.4, 0.5) is 4.39 Å². The molecule has 1 aromatic rings. The third-order valence-corrected chi connectivity index (χ3v) is 7.74. The van der Waals surface area contributed by atoms with Gasteiger partial charge in [0, 0.05) is 31.1 Å². The van der Waals surface area contributed by atoms with Crippen LogP contribution in [0.1, 0.15) is 36.0 Å². The number of thioether (sulfide) groups is 1. The number of hydrogen-bond donors (Lipinski definition) is 1. The molecule has 0 radical (unpaired) electrons. The van der Waals surface area contributed by atoms with Gasteiger partial charge in [-0.25, -0.2) is 4.39 Å². The minimum absolute atomic E-state index is 0.00454. The number of benzene rings is 1. The van der Waals surface area contributed by atoms with Crippen molar-refractivity contribution in [3.05, 3.63) is 29.6 Å². The minimum atomic E-state index is -0.607. The average molecular weight is 392 g/mol. The molecule has 0 unspecified atom stereocenters. The molecule has 1 atom stereocenters. The second-order valence-electron chi connectivity index (χ2n) is 7.98. The summed E-state index contributed by atoms with van der Waals surface area (Å²) in [5.74, 6) is 2.10. The van der Waals surface area contributed by atoms with Gasteiger partial charge in [0.2, 0.25) is 5.91 Å². The van der Waals surface area contributed by atoms with Gasteiger partial charge in [0.15, 0.2) is 0 Å². The molecule has 2 saturated heterocycles. The van der Waals surface area contributed by atoms with Crippen molar-refractivity contribution in [2.24, 2.45) is 11.3 Å². The molecule has 0 aromatic heterocycles. The second kappa shape index (κ2) is 7.34. The van der Waals surface area contributed by atoms with E-state index in [9.17, 15) is 14.0 Å². The molecule has 27 heavy (non-hydrogen) atoms. The van der Waals surface area contributed by atoms with Crippen LogP contribution >= 0.6 is 11.8 Å². The number of carbonyl (C=O) groups excluding carboxylic acids is 2. The molecule has 5 nitrogen and oxygen atoms in total. The molecule has 2 heterocycles. The van der Waals surface area contributed by atoms with E-state index in [2.05, 4.69) is 5.32 Å². The highest BCUT2D eigenvalue weighted by Gasteiger charge is 2.52. The SMILES string of the molecule is COc1ccc(C(=O)NC[C@H]2CCCN2C(=O)C2CC3(CSC3)C2)c(F)c1. The maximum absolute atomic E-state index is 14.1. The van der Waals surface area contributed by atoms with Crippen LogP contribution in [-0.2, 0) is 4.79 Å². The third kappa shape index (κ3) is 3.53. The fourth-order valence-corrected chi connectivity index (χ4v) is 5.72. The summed E-state index contributed by atoms with van der Waals surface area (Å²) in [7, 11) is 1.45. The number of ether oxygens (including phenoxy) is 1. The summed E-state index contributed by atoms with van der Waals surface area (Å²) in [6.07, 6.45) is 3.87. The second-order valence-corrected chi connectivity index (χ2v) is 8.97. The molecule has 7 heteroatoms. The van der Waals surface area contributed by atoms with E-state index in [-0.39, 0.29) is 23.4 Å². The summed E-state index contributed by atoms with van der Waals surface area (Å²) in [5.41, 5.74) is 0.440. The standard InChI is InChI=1S/C20H25FN2O3S/c1-26-15-4-5-16(17(21)7-15)18(24)22-10-14-3-2-6-23(14)19(25)13-8-20(9-13)11-27-12-20/h4-5,7,13-14H,2-3,6,8-12H2,1H3,(H,22,24)/t14-/m1/s1. The van der Waals surface area contributed by atoms with Crippen molar-refractivity contribution in [1.29, 1.82) is 0 Å². The lowest BCUT2D eigenvalue weighted by Crippen LogP contribution is -2.54. The van der Waals surface area contributed by atoms with Crippen LogP contribution in [0.5, 0.6) is 5.75 Å². The van der Waals surface area contributed by atoms with E-state index in [0.717, 1.165) is 32.2 Å². The first-order valence-electron chi connectivity index (χ1n) is 9.51. The lowest BCUT2D eigenvalue weighted by Gasteiger charge is -2.53. The highest BCUT2D eigenvalue weighted by molar-refractivity contribution is 8.00. The van der Waals surface area contributed by atoms with Crippen molar-refractivity contribution < 1.29 is 18.7 Å². The molecule has 1 aromatic carbocycles. The Bertz CT molecular complexity index is 745. The number of hydrogen-bond acceptors (Lipinski definition) is 4. The zero-order valence-electron chi connectivity index (χ0n) is 15.5. The van der Waals surface area contributed by atoms with Crippen LogP contribution in [0.15, 0.2) is 18.2 Å². The Kier molecular flexibility index (Phi) is 5.05. The Hall–Kier alpha value is -1.76. The Balaban J connectivity index is 1.32. The maximum Gasteiger partial charge on any atom is 0.254 e. The number of likely N-dealkylation sites (tertiary alicyclic amines) is 1. The first kappa shape index (κ1) is 18.6. The fourth-order valence-electron chi connectivity index (χ4n) is 4.47. The smallest absolute Gasteiger partial charge is 0.254 e. The van der Waals surface area contributed by atoms with Gasteiger partial charge in [-0.15, -0.1) is 0 Å². The molecule has 4 rings (SSSR count). The van der Waals surface area contributed by atoms with Gasteiger partial charge >= 0.3 is 0 Å². The predicted molar refractivity (Wildman–Crippen MR) is 103 cm³/mol. The summed E-state index contributed by atoms with van der Waals surface area (Å²) in [4.78, 5) is 27.1. The summed E-state index contributed by atoms with van der Waals surface area (Å²) in [5, 5.41) is 2.80. The molecule has 1 N–H and O–H groups in total. The average Bonchev–Trinajstić information content (AvgIpc) is 3.05. The molecule has 1 aliphatic carbocycles. The molecule has 3 aliphatic rings. The highest BCUT2D eigenvalue weighted by atomic mass is 32.2. The van der Waals surface area contributed by atoms with Crippen molar-refractivity contribution in [1.82, 2.24) is 10.2 Å². The fraction of sp³-hybridized carbons (Fsp3) is 0.600. The lowest BCUT2D eigenvalue weighted by atomic mass is 9.63. The topological polar surface area (TPSA) is 58.6 Å². The summed E-state index contributed by atoms with van der Waals surface area (Å²) in [6, 6.07) is 4.20. The van der Waals surface area contributed by atoms with Crippen molar-refractivity contribution in [2.45, 2.75) is 31.7 Å². The molecule has 1 spiro atoms. The zero-order valence-corrected chi connectivity index (χ0v) is 16.3. The van der Waals surface area contributed by atoms with Gasteiger partial charge in [0.1, 0.15) is 11.6 Å². The monoisotopic (exact) mass is 392 g/mol. The van der Waals surface area contributed by atoms with E-state index in [1.54, 1.807) is 6.07 Å². The van der Waals surface area contributed by atoms with Gasteiger partial charge in [0.05, 0.1) is 12.7 Å². The number of methoxy groups -OCH3 is 1. The van der Waals surface area contributed by atoms with Gasteiger partial charge in [0.25, 0.3) is 5.91 Å². The molecular weight excluding hydrogens is 367 g/mol. The lowest BCUT2D eigenvalue weighted by molar-refractivity contribution is -0.143. The van der Waals surface area contributed by atoms with E-state index in [1.807, 2.05) is 16.7 Å². The van der Waals surface area contributed by atoms with Crippen molar-refractivity contribution in [3.8, 4) is 5.75 Å². The Morgan fingerprint density at radius 3 is 2.78 bits per heavy atom. The van der Waals surface area contributed by atoms with Crippen LogP contribution in [0, 0.1) is 17.2 Å². The maximum atomic E-state index is 14.1.